The van der Waals surface area contributed by atoms with E-state index in [0.29, 0.717) is 11.5 Å². The Morgan fingerprint density at radius 1 is 1.12 bits per heavy atom. The van der Waals surface area contributed by atoms with Crippen molar-refractivity contribution < 1.29 is 28.2 Å². The minimum absolute atomic E-state index is 0.252. The molecule has 138 valence electrons. The number of methoxy groups -OCH3 is 1. The van der Waals surface area contributed by atoms with Gasteiger partial charge in [0.1, 0.15) is 17.3 Å². The van der Waals surface area contributed by atoms with Crippen LogP contribution in [0.3, 0.4) is 0 Å². The van der Waals surface area contributed by atoms with Gasteiger partial charge in [-0.1, -0.05) is 18.2 Å². The van der Waals surface area contributed by atoms with Crippen LogP contribution in [0.2, 0.25) is 0 Å². The fourth-order valence-corrected chi connectivity index (χ4v) is 2.11. The number of halogens is 1. The van der Waals surface area contributed by atoms with Gasteiger partial charge in [-0.3, -0.25) is 4.79 Å². The van der Waals surface area contributed by atoms with Crippen LogP contribution in [0.1, 0.15) is 12.5 Å². The maximum absolute atomic E-state index is 12.8. The van der Waals surface area contributed by atoms with Crippen LogP contribution in [0.5, 0.6) is 11.5 Å². The molecule has 0 aliphatic carbocycles. The van der Waals surface area contributed by atoms with E-state index in [-0.39, 0.29) is 6.54 Å². The number of ether oxygens (including phenoxy) is 3. The van der Waals surface area contributed by atoms with E-state index in [2.05, 4.69) is 5.32 Å². The van der Waals surface area contributed by atoms with E-state index in [9.17, 15) is 14.0 Å². The fraction of sp³-hybridized carbons (Fsp3) is 0.263. The summed E-state index contributed by atoms with van der Waals surface area (Å²) in [6, 6.07) is 12.5. The molecule has 0 fully saturated rings. The lowest BCUT2D eigenvalue weighted by molar-refractivity contribution is -0.154. The zero-order valence-corrected chi connectivity index (χ0v) is 14.5. The smallest absolute Gasteiger partial charge is 0.347 e. The molecule has 6 nitrogen and oxygen atoms in total. The van der Waals surface area contributed by atoms with Gasteiger partial charge in [0, 0.05) is 12.1 Å². The van der Waals surface area contributed by atoms with Gasteiger partial charge < -0.3 is 19.5 Å². The van der Waals surface area contributed by atoms with Gasteiger partial charge in [0.05, 0.1) is 7.11 Å². The summed E-state index contributed by atoms with van der Waals surface area (Å²) in [6.45, 7) is 1.31. The predicted molar refractivity (Wildman–Crippen MR) is 92.3 cm³/mol. The molecular weight excluding hydrogens is 341 g/mol. The van der Waals surface area contributed by atoms with Crippen molar-refractivity contribution in [1.82, 2.24) is 5.32 Å². The zero-order valence-electron chi connectivity index (χ0n) is 14.5. The monoisotopic (exact) mass is 361 g/mol. The second kappa shape index (κ2) is 9.41. The Kier molecular flexibility index (Phi) is 6.96. The summed E-state index contributed by atoms with van der Waals surface area (Å²) in [5.41, 5.74) is 0.808. The fourth-order valence-electron chi connectivity index (χ4n) is 2.11. The highest BCUT2D eigenvalue weighted by atomic mass is 19.1. The summed E-state index contributed by atoms with van der Waals surface area (Å²) in [7, 11) is 1.55. The van der Waals surface area contributed by atoms with E-state index in [1.807, 2.05) is 18.2 Å². The van der Waals surface area contributed by atoms with Crippen LogP contribution in [0.15, 0.2) is 48.5 Å². The van der Waals surface area contributed by atoms with Crippen molar-refractivity contribution in [2.75, 3.05) is 13.7 Å². The van der Waals surface area contributed by atoms with E-state index < -0.39 is 30.4 Å². The van der Waals surface area contributed by atoms with Crippen molar-refractivity contribution in [3.63, 3.8) is 0 Å². The number of benzene rings is 2. The Balaban J connectivity index is 1.75. The Morgan fingerprint density at radius 3 is 2.50 bits per heavy atom. The van der Waals surface area contributed by atoms with Gasteiger partial charge in [-0.05, 0) is 37.3 Å². The molecule has 0 aliphatic rings. The van der Waals surface area contributed by atoms with Crippen molar-refractivity contribution in [2.45, 2.75) is 19.6 Å². The van der Waals surface area contributed by atoms with Crippen LogP contribution in [-0.4, -0.2) is 31.7 Å². The third-order valence-corrected chi connectivity index (χ3v) is 3.47. The van der Waals surface area contributed by atoms with Crippen LogP contribution in [0.4, 0.5) is 4.39 Å². The van der Waals surface area contributed by atoms with Gasteiger partial charge in [-0.15, -0.1) is 0 Å². The molecule has 1 amide bonds. The largest absolute Gasteiger partial charge is 0.496 e. The zero-order chi connectivity index (χ0) is 18.9. The highest BCUT2D eigenvalue weighted by molar-refractivity contribution is 5.82. The molecule has 0 bridgehead atoms. The van der Waals surface area contributed by atoms with Crippen molar-refractivity contribution in [1.29, 1.82) is 0 Å². The quantitative estimate of drug-likeness (QED) is 0.731. The second-order valence-corrected chi connectivity index (χ2v) is 5.41. The number of carbonyl (C=O) groups is 2. The second-order valence-electron chi connectivity index (χ2n) is 5.41. The van der Waals surface area contributed by atoms with E-state index in [1.54, 1.807) is 13.2 Å². The molecule has 2 aromatic carbocycles. The first kappa shape index (κ1) is 19.2. The number of esters is 1. The number of carbonyl (C=O) groups excluding carboxylic acids is 2. The molecule has 2 rings (SSSR count). The lowest BCUT2D eigenvalue weighted by Crippen LogP contribution is -2.32. The number of rotatable bonds is 8. The van der Waals surface area contributed by atoms with Gasteiger partial charge in [0.2, 0.25) is 0 Å². The van der Waals surface area contributed by atoms with Crippen LogP contribution in [0, 0.1) is 5.82 Å². The van der Waals surface area contributed by atoms with E-state index in [4.69, 9.17) is 14.2 Å². The molecule has 7 heteroatoms. The molecule has 26 heavy (non-hydrogen) atoms. The van der Waals surface area contributed by atoms with Gasteiger partial charge in [-0.2, -0.15) is 0 Å². The minimum atomic E-state index is -0.928. The SMILES string of the molecule is COc1ccccc1CNC(=O)COC(=O)[C@H](C)Oc1ccc(F)cc1. The lowest BCUT2D eigenvalue weighted by Gasteiger charge is -2.14. The van der Waals surface area contributed by atoms with Crippen molar-refractivity contribution in [2.24, 2.45) is 0 Å². The lowest BCUT2D eigenvalue weighted by atomic mass is 10.2. The van der Waals surface area contributed by atoms with Crippen LogP contribution in [-0.2, 0) is 20.9 Å². The maximum atomic E-state index is 12.8. The maximum Gasteiger partial charge on any atom is 0.347 e. The molecule has 0 aliphatic heterocycles. The molecule has 0 saturated heterocycles. The van der Waals surface area contributed by atoms with Gasteiger partial charge >= 0.3 is 5.97 Å². The number of amides is 1. The molecule has 1 N–H and O–H groups in total. The van der Waals surface area contributed by atoms with Gasteiger partial charge in [0.25, 0.3) is 5.91 Å². The minimum Gasteiger partial charge on any atom is -0.496 e. The third-order valence-electron chi connectivity index (χ3n) is 3.47. The summed E-state index contributed by atoms with van der Waals surface area (Å²) >= 11 is 0. The number of nitrogens with one attached hydrogen (secondary N) is 1. The molecular formula is C19H20FNO5. The van der Waals surface area contributed by atoms with Gasteiger partial charge in [-0.25, -0.2) is 9.18 Å². The van der Waals surface area contributed by atoms with Gasteiger partial charge in [0.15, 0.2) is 12.7 Å². The van der Waals surface area contributed by atoms with Crippen molar-refractivity contribution in [3.8, 4) is 11.5 Å². The Morgan fingerprint density at radius 2 is 1.81 bits per heavy atom. The normalized spacial score (nSPS) is 11.3. The Hall–Kier alpha value is -3.09. The molecule has 0 saturated carbocycles. The standard InChI is InChI=1S/C19H20FNO5/c1-13(26-16-9-7-15(20)8-10-16)19(23)25-12-18(22)21-11-14-5-3-4-6-17(14)24-2/h3-10,13H,11-12H2,1-2H3,(H,21,22)/t13-/m0/s1. The first-order chi connectivity index (χ1) is 12.5. The molecule has 1 atom stereocenters. The summed E-state index contributed by atoms with van der Waals surface area (Å²) in [4.78, 5) is 23.7. The molecule has 2 aromatic rings. The van der Waals surface area contributed by atoms with Crippen LogP contribution in [0.25, 0.3) is 0 Å². The number of hydrogen-bond donors (Lipinski definition) is 1. The molecule has 0 heterocycles. The average Bonchev–Trinajstić information content (AvgIpc) is 2.66. The number of para-hydroxylation sites is 1. The molecule has 0 spiro atoms. The molecule has 0 aromatic heterocycles. The van der Waals surface area contributed by atoms with E-state index in [0.717, 1.165) is 5.56 Å². The number of hydrogen-bond acceptors (Lipinski definition) is 5. The first-order valence-electron chi connectivity index (χ1n) is 7.97. The van der Waals surface area contributed by atoms with Crippen LogP contribution >= 0.6 is 0 Å². The predicted octanol–water partition coefficient (Wildman–Crippen LogP) is 2.46. The van der Waals surface area contributed by atoms with E-state index in [1.165, 1.54) is 31.2 Å². The highest BCUT2D eigenvalue weighted by Gasteiger charge is 2.18. The Labute approximate surface area is 150 Å². The summed E-state index contributed by atoms with van der Waals surface area (Å²) in [5.74, 6) is -0.554. The molecule has 0 radical (unpaired) electrons. The van der Waals surface area contributed by atoms with Crippen molar-refractivity contribution in [3.05, 3.63) is 59.9 Å². The molecule has 0 unspecified atom stereocenters. The first-order valence-corrected chi connectivity index (χ1v) is 7.97. The summed E-state index contributed by atoms with van der Waals surface area (Å²) in [5, 5.41) is 2.65. The highest BCUT2D eigenvalue weighted by Crippen LogP contribution is 2.16. The third kappa shape index (κ3) is 5.77. The van der Waals surface area contributed by atoms with Crippen LogP contribution < -0.4 is 14.8 Å². The van der Waals surface area contributed by atoms with Crippen molar-refractivity contribution >= 4 is 11.9 Å². The average molecular weight is 361 g/mol. The Bertz CT molecular complexity index is 748. The summed E-state index contributed by atoms with van der Waals surface area (Å²) in [6.07, 6.45) is -0.928. The topological polar surface area (TPSA) is 73.9 Å². The van der Waals surface area contributed by atoms with E-state index >= 15 is 0 Å². The summed E-state index contributed by atoms with van der Waals surface area (Å²) < 4.78 is 28.3.